The van der Waals surface area contributed by atoms with Gasteiger partial charge in [-0.1, -0.05) is 133 Å². The maximum Gasteiger partial charge on any atom is 0.160 e. The maximum atomic E-state index is 5.25. The van der Waals surface area contributed by atoms with Crippen LogP contribution in [0.3, 0.4) is 0 Å². The van der Waals surface area contributed by atoms with Gasteiger partial charge >= 0.3 is 0 Å². The van der Waals surface area contributed by atoms with Crippen molar-refractivity contribution in [2.24, 2.45) is 0 Å². The van der Waals surface area contributed by atoms with E-state index in [0.29, 0.717) is 5.82 Å². The Morgan fingerprint density at radius 3 is 1.68 bits per heavy atom. The number of hydrogen-bond acceptors (Lipinski definition) is 3. The van der Waals surface area contributed by atoms with Crippen LogP contribution in [0.4, 0.5) is 0 Å². The normalized spacial score (nSPS) is 11.3. The Hall–Kier alpha value is -5.87. The second kappa shape index (κ2) is 10.8. The van der Waals surface area contributed by atoms with Gasteiger partial charge in [0, 0.05) is 38.8 Å². The van der Waals surface area contributed by atoms with Crippen LogP contribution in [0.15, 0.2) is 152 Å². The first-order chi connectivity index (χ1) is 21.7. The zero-order valence-electron chi connectivity index (χ0n) is 24.2. The molecule has 0 radical (unpaired) electrons. The SMILES string of the molecule is Cc1c(-c2cccc(-c3nc(-c4ccccc4)cc(-c4ccccc4)n3)c2)nn2c(-c3ccccc3)cc3ccccc3c12. The van der Waals surface area contributed by atoms with Crippen molar-refractivity contribution in [1.29, 1.82) is 0 Å². The van der Waals surface area contributed by atoms with E-state index in [2.05, 4.69) is 121 Å². The minimum atomic E-state index is 0.684. The van der Waals surface area contributed by atoms with Crippen molar-refractivity contribution in [3.05, 3.63) is 157 Å². The molecule has 0 N–H and O–H groups in total. The molecule has 3 aromatic heterocycles. The van der Waals surface area contributed by atoms with Crippen molar-refractivity contribution in [3.8, 4) is 56.4 Å². The Balaban J connectivity index is 1.32. The first kappa shape index (κ1) is 25.8. The molecule has 208 valence electrons. The molecular formula is C40H28N4. The van der Waals surface area contributed by atoms with E-state index in [1.165, 1.54) is 10.8 Å². The van der Waals surface area contributed by atoms with Crippen LogP contribution in [0.1, 0.15) is 5.56 Å². The van der Waals surface area contributed by atoms with Gasteiger partial charge in [-0.3, -0.25) is 0 Å². The minimum absolute atomic E-state index is 0.684. The lowest BCUT2D eigenvalue weighted by Gasteiger charge is -2.10. The number of rotatable bonds is 5. The zero-order valence-corrected chi connectivity index (χ0v) is 24.2. The summed E-state index contributed by atoms with van der Waals surface area (Å²) in [6, 6.07) is 52.3. The number of hydrogen-bond donors (Lipinski definition) is 0. The van der Waals surface area contributed by atoms with E-state index in [0.717, 1.165) is 61.7 Å². The zero-order chi connectivity index (χ0) is 29.5. The van der Waals surface area contributed by atoms with Gasteiger partial charge in [-0.2, -0.15) is 5.10 Å². The van der Waals surface area contributed by atoms with Gasteiger partial charge in [-0.05, 0) is 30.5 Å². The Morgan fingerprint density at radius 2 is 1.02 bits per heavy atom. The number of benzene rings is 5. The van der Waals surface area contributed by atoms with E-state index >= 15 is 0 Å². The van der Waals surface area contributed by atoms with E-state index in [4.69, 9.17) is 15.1 Å². The van der Waals surface area contributed by atoms with Crippen molar-refractivity contribution in [1.82, 2.24) is 19.6 Å². The third-order valence-electron chi connectivity index (χ3n) is 8.19. The predicted octanol–water partition coefficient (Wildman–Crippen LogP) is 9.92. The third-order valence-corrected chi connectivity index (χ3v) is 8.19. The van der Waals surface area contributed by atoms with Gasteiger partial charge in [-0.25, -0.2) is 14.5 Å². The van der Waals surface area contributed by atoms with E-state index in [-0.39, 0.29) is 0 Å². The average Bonchev–Trinajstić information content (AvgIpc) is 3.46. The fraction of sp³-hybridized carbons (Fsp3) is 0.0250. The van der Waals surface area contributed by atoms with Crippen LogP contribution < -0.4 is 0 Å². The van der Waals surface area contributed by atoms with E-state index < -0.39 is 0 Å². The highest BCUT2D eigenvalue weighted by Gasteiger charge is 2.18. The van der Waals surface area contributed by atoms with Crippen LogP contribution in [-0.2, 0) is 0 Å². The molecule has 0 spiro atoms. The molecule has 0 amide bonds. The van der Waals surface area contributed by atoms with Crippen molar-refractivity contribution >= 4 is 16.3 Å². The molecule has 0 saturated carbocycles. The maximum absolute atomic E-state index is 5.25. The second-order valence-electron chi connectivity index (χ2n) is 11.0. The van der Waals surface area contributed by atoms with Crippen molar-refractivity contribution < 1.29 is 0 Å². The van der Waals surface area contributed by atoms with E-state index in [9.17, 15) is 0 Å². The largest absolute Gasteiger partial charge is 0.232 e. The minimum Gasteiger partial charge on any atom is -0.232 e. The number of nitrogens with zero attached hydrogens (tertiary/aromatic N) is 4. The second-order valence-corrected chi connectivity index (χ2v) is 11.0. The lowest BCUT2D eigenvalue weighted by Crippen LogP contribution is -1.96. The topological polar surface area (TPSA) is 43.1 Å². The first-order valence-corrected chi connectivity index (χ1v) is 14.8. The molecule has 5 aromatic carbocycles. The molecule has 8 rings (SSSR count). The standard InChI is InChI=1S/C40H28N4/c1-27-38(43-44-37(30-18-9-4-10-19-30)25-31-20-11-12-23-34(31)39(27)44)32-21-13-22-33(24-32)40-41-35(28-14-5-2-6-15-28)26-36(42-40)29-16-7-3-8-17-29/h2-26H,1H3. The fourth-order valence-corrected chi connectivity index (χ4v) is 6.02. The molecule has 3 heterocycles. The number of aryl methyl sites for hydroxylation is 1. The van der Waals surface area contributed by atoms with Gasteiger partial charge in [0.1, 0.15) is 0 Å². The summed E-state index contributed by atoms with van der Waals surface area (Å²) in [7, 11) is 0. The highest BCUT2D eigenvalue weighted by molar-refractivity contribution is 6.01. The molecule has 4 nitrogen and oxygen atoms in total. The van der Waals surface area contributed by atoms with Gasteiger partial charge in [0.2, 0.25) is 0 Å². The van der Waals surface area contributed by atoms with Gasteiger partial charge in [0.25, 0.3) is 0 Å². The van der Waals surface area contributed by atoms with Gasteiger partial charge in [0.15, 0.2) is 5.82 Å². The molecule has 0 aliphatic rings. The number of aromatic nitrogens is 4. The summed E-state index contributed by atoms with van der Waals surface area (Å²) in [4.78, 5) is 10.1. The monoisotopic (exact) mass is 564 g/mol. The Morgan fingerprint density at radius 1 is 0.477 bits per heavy atom. The highest BCUT2D eigenvalue weighted by Crippen LogP contribution is 2.36. The molecule has 44 heavy (non-hydrogen) atoms. The Kier molecular flexibility index (Phi) is 6.31. The van der Waals surface area contributed by atoms with Gasteiger partial charge < -0.3 is 0 Å². The fourth-order valence-electron chi connectivity index (χ4n) is 6.02. The molecule has 0 fully saturated rings. The average molecular weight is 565 g/mol. The lowest BCUT2D eigenvalue weighted by molar-refractivity contribution is 0.979. The van der Waals surface area contributed by atoms with Gasteiger partial charge in [-0.15, -0.1) is 0 Å². The highest BCUT2D eigenvalue weighted by atomic mass is 15.2. The molecule has 0 aliphatic carbocycles. The van der Waals surface area contributed by atoms with Gasteiger partial charge in [0.05, 0.1) is 28.3 Å². The van der Waals surface area contributed by atoms with Crippen LogP contribution in [0.2, 0.25) is 0 Å². The van der Waals surface area contributed by atoms with E-state index in [1.807, 2.05) is 42.5 Å². The van der Waals surface area contributed by atoms with E-state index in [1.54, 1.807) is 0 Å². The molecule has 0 unspecified atom stereocenters. The first-order valence-electron chi connectivity index (χ1n) is 14.8. The van der Waals surface area contributed by atoms with Crippen LogP contribution in [0, 0.1) is 6.92 Å². The smallest absolute Gasteiger partial charge is 0.160 e. The van der Waals surface area contributed by atoms with Crippen LogP contribution in [0.5, 0.6) is 0 Å². The van der Waals surface area contributed by atoms with Crippen molar-refractivity contribution in [2.45, 2.75) is 6.92 Å². The van der Waals surface area contributed by atoms with Crippen LogP contribution >= 0.6 is 0 Å². The van der Waals surface area contributed by atoms with Crippen molar-refractivity contribution in [2.75, 3.05) is 0 Å². The van der Waals surface area contributed by atoms with Crippen LogP contribution in [-0.4, -0.2) is 19.6 Å². The molecule has 0 aliphatic heterocycles. The summed E-state index contributed by atoms with van der Waals surface area (Å²) >= 11 is 0. The number of fused-ring (bicyclic) bond motifs is 3. The summed E-state index contributed by atoms with van der Waals surface area (Å²) in [5, 5.41) is 7.63. The summed E-state index contributed by atoms with van der Waals surface area (Å²) in [6.45, 7) is 2.17. The lowest BCUT2D eigenvalue weighted by atomic mass is 10.0. The summed E-state index contributed by atoms with van der Waals surface area (Å²) in [6.07, 6.45) is 0. The van der Waals surface area contributed by atoms with Crippen LogP contribution in [0.25, 0.3) is 72.7 Å². The molecule has 8 aromatic rings. The number of pyridine rings is 1. The molecule has 0 saturated heterocycles. The Labute approximate surface area is 256 Å². The summed E-state index contributed by atoms with van der Waals surface area (Å²) in [5.74, 6) is 0.684. The quantitative estimate of drug-likeness (QED) is 0.209. The summed E-state index contributed by atoms with van der Waals surface area (Å²) < 4.78 is 2.11. The Bertz CT molecular complexity index is 2210. The predicted molar refractivity (Wildman–Crippen MR) is 180 cm³/mol. The molecular weight excluding hydrogens is 536 g/mol. The molecule has 4 heteroatoms. The van der Waals surface area contributed by atoms with Crippen molar-refractivity contribution in [3.63, 3.8) is 0 Å². The summed E-state index contributed by atoms with van der Waals surface area (Å²) in [5.41, 5.74) is 11.3. The molecule has 0 bridgehead atoms. The third kappa shape index (κ3) is 4.54. The molecule has 0 atom stereocenters.